The molecule has 0 amide bonds. The lowest BCUT2D eigenvalue weighted by Crippen LogP contribution is -2.28. The van der Waals surface area contributed by atoms with E-state index in [1.54, 1.807) is 0 Å². The molecule has 0 aromatic carbocycles. The van der Waals surface area contributed by atoms with Crippen molar-refractivity contribution < 1.29 is 9.23 Å². The van der Waals surface area contributed by atoms with Crippen LogP contribution in [0.4, 0.5) is 4.39 Å². The average Bonchev–Trinajstić information content (AvgIpc) is 1.99. The molecule has 0 saturated carbocycles. The van der Waals surface area contributed by atoms with Crippen LogP contribution in [-0.4, -0.2) is 25.9 Å². The predicted octanol–water partition coefficient (Wildman–Crippen LogP) is 0.605. The standard InChI is InChI=1S/C7H17FN2O/c1-2-3-4-10-5-7(8)6-11-9/h7,10H,2-6,9H2,1H3. The molecule has 0 aliphatic carbocycles. The third kappa shape index (κ3) is 7.71. The van der Waals surface area contributed by atoms with Crippen molar-refractivity contribution in [1.29, 1.82) is 0 Å². The first kappa shape index (κ1) is 10.8. The number of nitrogens with one attached hydrogen (secondary N) is 1. The van der Waals surface area contributed by atoms with Crippen molar-refractivity contribution in [2.75, 3.05) is 19.7 Å². The molecular formula is C7H17FN2O. The second kappa shape index (κ2) is 7.91. The molecule has 0 bridgehead atoms. The first-order valence-corrected chi connectivity index (χ1v) is 3.97. The zero-order chi connectivity index (χ0) is 8.53. The quantitative estimate of drug-likeness (QED) is 0.428. The fourth-order valence-corrected chi connectivity index (χ4v) is 0.724. The second-order valence-electron chi connectivity index (χ2n) is 2.49. The molecule has 0 rings (SSSR count). The van der Waals surface area contributed by atoms with Crippen molar-refractivity contribution in [3.63, 3.8) is 0 Å². The topological polar surface area (TPSA) is 47.3 Å². The van der Waals surface area contributed by atoms with Gasteiger partial charge in [-0.25, -0.2) is 10.3 Å². The van der Waals surface area contributed by atoms with E-state index >= 15 is 0 Å². The summed E-state index contributed by atoms with van der Waals surface area (Å²) in [7, 11) is 0. The lowest BCUT2D eigenvalue weighted by atomic mass is 10.3. The maximum Gasteiger partial charge on any atom is 0.138 e. The third-order valence-electron chi connectivity index (χ3n) is 1.35. The number of nitrogens with two attached hydrogens (primary N) is 1. The van der Waals surface area contributed by atoms with E-state index in [1.165, 1.54) is 0 Å². The molecule has 1 atom stereocenters. The van der Waals surface area contributed by atoms with Crippen LogP contribution in [0.3, 0.4) is 0 Å². The molecule has 1 unspecified atom stereocenters. The van der Waals surface area contributed by atoms with Crippen LogP contribution < -0.4 is 11.2 Å². The summed E-state index contributed by atoms with van der Waals surface area (Å²) in [5, 5.41) is 2.96. The first-order chi connectivity index (χ1) is 5.31. The van der Waals surface area contributed by atoms with E-state index in [9.17, 15) is 4.39 Å². The Bertz CT molecular complexity index is 82.8. The minimum atomic E-state index is -0.989. The van der Waals surface area contributed by atoms with Crippen molar-refractivity contribution in [3.8, 4) is 0 Å². The van der Waals surface area contributed by atoms with Gasteiger partial charge in [0.2, 0.25) is 0 Å². The Hall–Kier alpha value is -0.190. The third-order valence-corrected chi connectivity index (χ3v) is 1.35. The summed E-state index contributed by atoms with van der Waals surface area (Å²) in [6.45, 7) is 3.26. The fraction of sp³-hybridized carbons (Fsp3) is 1.00. The molecule has 0 aromatic heterocycles. The van der Waals surface area contributed by atoms with Gasteiger partial charge < -0.3 is 10.2 Å². The summed E-state index contributed by atoms with van der Waals surface area (Å²) in [6, 6.07) is 0. The van der Waals surface area contributed by atoms with Gasteiger partial charge in [-0.3, -0.25) is 0 Å². The Kier molecular flexibility index (Phi) is 7.78. The predicted molar refractivity (Wildman–Crippen MR) is 42.8 cm³/mol. The van der Waals surface area contributed by atoms with Crippen LogP contribution in [0.5, 0.6) is 0 Å². The highest BCUT2D eigenvalue weighted by Crippen LogP contribution is 1.88. The molecule has 68 valence electrons. The minimum Gasteiger partial charge on any atom is -0.314 e. The van der Waals surface area contributed by atoms with Crippen molar-refractivity contribution in [1.82, 2.24) is 5.32 Å². The Morgan fingerprint density at radius 2 is 2.36 bits per heavy atom. The van der Waals surface area contributed by atoms with E-state index in [4.69, 9.17) is 5.90 Å². The fourth-order valence-electron chi connectivity index (χ4n) is 0.724. The number of unbranched alkanes of at least 4 members (excludes halogenated alkanes) is 1. The van der Waals surface area contributed by atoms with Gasteiger partial charge in [0.05, 0.1) is 0 Å². The second-order valence-corrected chi connectivity index (χ2v) is 2.49. The molecule has 4 heteroatoms. The summed E-state index contributed by atoms with van der Waals surface area (Å²) in [5.74, 6) is 4.69. The lowest BCUT2D eigenvalue weighted by molar-refractivity contribution is 0.0814. The lowest BCUT2D eigenvalue weighted by Gasteiger charge is -2.06. The summed E-state index contributed by atoms with van der Waals surface area (Å²) in [6.07, 6.45) is 1.21. The summed E-state index contributed by atoms with van der Waals surface area (Å²) in [5.41, 5.74) is 0. The van der Waals surface area contributed by atoms with Gasteiger partial charge in [-0.05, 0) is 13.0 Å². The molecule has 0 radical (unpaired) electrons. The monoisotopic (exact) mass is 164 g/mol. The number of hydrogen-bond donors (Lipinski definition) is 2. The molecular weight excluding hydrogens is 147 g/mol. The normalized spacial score (nSPS) is 13.4. The van der Waals surface area contributed by atoms with E-state index in [0.717, 1.165) is 19.4 Å². The maximum absolute atomic E-state index is 12.6. The van der Waals surface area contributed by atoms with Crippen molar-refractivity contribution in [2.24, 2.45) is 5.90 Å². The summed E-state index contributed by atoms with van der Waals surface area (Å²) in [4.78, 5) is 4.15. The maximum atomic E-state index is 12.6. The van der Waals surface area contributed by atoms with Crippen molar-refractivity contribution >= 4 is 0 Å². The zero-order valence-corrected chi connectivity index (χ0v) is 6.98. The van der Waals surface area contributed by atoms with E-state index in [0.29, 0.717) is 6.54 Å². The van der Waals surface area contributed by atoms with E-state index in [2.05, 4.69) is 17.1 Å². The van der Waals surface area contributed by atoms with Crippen LogP contribution in [0.25, 0.3) is 0 Å². The van der Waals surface area contributed by atoms with Crippen LogP contribution in [0.15, 0.2) is 0 Å². The number of alkyl halides is 1. The molecule has 0 aromatic rings. The smallest absolute Gasteiger partial charge is 0.138 e. The Morgan fingerprint density at radius 3 is 2.91 bits per heavy atom. The Morgan fingerprint density at radius 1 is 1.64 bits per heavy atom. The van der Waals surface area contributed by atoms with Crippen LogP contribution in [-0.2, 0) is 4.84 Å². The molecule has 0 heterocycles. The summed E-state index contributed by atoms with van der Waals surface area (Å²) < 4.78 is 12.6. The van der Waals surface area contributed by atoms with Gasteiger partial charge in [-0.2, -0.15) is 0 Å². The molecule has 0 aliphatic heterocycles. The highest BCUT2D eigenvalue weighted by molar-refractivity contribution is 4.57. The van der Waals surface area contributed by atoms with Gasteiger partial charge in [-0.1, -0.05) is 13.3 Å². The van der Waals surface area contributed by atoms with E-state index < -0.39 is 6.17 Å². The highest BCUT2D eigenvalue weighted by Gasteiger charge is 2.03. The minimum absolute atomic E-state index is 0.0286. The average molecular weight is 164 g/mol. The Labute approximate surface area is 67.1 Å². The van der Waals surface area contributed by atoms with Crippen molar-refractivity contribution in [3.05, 3.63) is 0 Å². The molecule has 0 fully saturated rings. The highest BCUT2D eigenvalue weighted by atomic mass is 19.1. The van der Waals surface area contributed by atoms with Gasteiger partial charge in [0.1, 0.15) is 12.8 Å². The SMILES string of the molecule is CCCCNCC(F)CON. The molecule has 0 saturated heterocycles. The van der Waals surface area contributed by atoms with Crippen LogP contribution in [0, 0.1) is 0 Å². The molecule has 11 heavy (non-hydrogen) atoms. The van der Waals surface area contributed by atoms with Gasteiger partial charge >= 0.3 is 0 Å². The van der Waals surface area contributed by atoms with Crippen LogP contribution in [0.2, 0.25) is 0 Å². The Balaban J connectivity index is 2.97. The zero-order valence-electron chi connectivity index (χ0n) is 6.98. The number of halogens is 1. The molecule has 3 nitrogen and oxygen atoms in total. The van der Waals surface area contributed by atoms with Gasteiger partial charge in [0.15, 0.2) is 0 Å². The van der Waals surface area contributed by atoms with Gasteiger partial charge in [0.25, 0.3) is 0 Å². The van der Waals surface area contributed by atoms with E-state index in [-0.39, 0.29) is 6.61 Å². The van der Waals surface area contributed by atoms with Gasteiger partial charge in [0, 0.05) is 6.54 Å². The van der Waals surface area contributed by atoms with Crippen LogP contribution in [0.1, 0.15) is 19.8 Å². The van der Waals surface area contributed by atoms with E-state index in [1.807, 2.05) is 0 Å². The largest absolute Gasteiger partial charge is 0.314 e. The summed E-state index contributed by atoms with van der Waals surface area (Å²) >= 11 is 0. The van der Waals surface area contributed by atoms with Crippen LogP contribution >= 0.6 is 0 Å². The van der Waals surface area contributed by atoms with Crippen molar-refractivity contribution in [2.45, 2.75) is 25.9 Å². The molecule has 0 spiro atoms. The molecule has 0 aliphatic rings. The first-order valence-electron chi connectivity index (χ1n) is 3.97. The number of rotatable bonds is 7. The molecule has 3 N–H and O–H groups in total. The number of hydrogen-bond acceptors (Lipinski definition) is 3. The van der Waals surface area contributed by atoms with Gasteiger partial charge in [-0.15, -0.1) is 0 Å².